The Bertz CT molecular complexity index is 1530. The van der Waals surface area contributed by atoms with E-state index in [-0.39, 0.29) is 53.8 Å². The average molecular weight is 754 g/mol. The lowest BCUT2D eigenvalue weighted by atomic mass is 9.89. The lowest BCUT2D eigenvalue weighted by molar-refractivity contribution is -0.148. The largest absolute Gasteiger partial charge is 0.379 e. The Morgan fingerprint density at radius 2 is 1.70 bits per heavy atom. The lowest BCUT2D eigenvalue weighted by Crippen LogP contribution is -2.60. The van der Waals surface area contributed by atoms with Gasteiger partial charge in [-0.15, -0.1) is 0 Å². The highest BCUT2D eigenvalue weighted by molar-refractivity contribution is 5.90. The van der Waals surface area contributed by atoms with Crippen molar-refractivity contribution >= 4 is 34.5 Å². The van der Waals surface area contributed by atoms with Gasteiger partial charge < -0.3 is 29.9 Å². The standard InChI is InChI=1S/C41H67N7O6/c1-12-27(6)37(46(8)41(52)35(25(2)3)45-40(51)36(26(4)5)47(9)42)33(53-10)24-34(49)48-22-14-16-32(48)38(54-11)28(7)39(50)44-21-19-29-17-18-31-30(23-29)15-13-20-43-31/h13,15,17-18,20,23,25-28,32-33,35-38H,12,14,16,19,21-22,24,42H2,1-11H3,(H,44,50)(H,45,51)/t27-,28+,32-,33+,35-,36-,37?,38+/m0/s1. The van der Waals surface area contributed by atoms with Gasteiger partial charge >= 0.3 is 0 Å². The highest BCUT2D eigenvalue weighted by Gasteiger charge is 2.43. The van der Waals surface area contributed by atoms with E-state index < -0.39 is 36.3 Å². The van der Waals surface area contributed by atoms with Crippen LogP contribution < -0.4 is 16.5 Å². The highest BCUT2D eigenvalue weighted by Crippen LogP contribution is 2.30. The van der Waals surface area contributed by atoms with Crippen LogP contribution >= 0.6 is 0 Å². The summed E-state index contributed by atoms with van der Waals surface area (Å²) in [7, 11) is 6.53. The number of hydrogen-bond acceptors (Lipinski definition) is 9. The highest BCUT2D eigenvalue weighted by atomic mass is 16.5. The molecule has 1 fully saturated rings. The number of methoxy groups -OCH3 is 2. The Kier molecular flexibility index (Phi) is 17.3. The molecule has 2 heterocycles. The molecule has 4 N–H and O–H groups in total. The van der Waals surface area contributed by atoms with E-state index in [0.717, 1.165) is 29.3 Å². The molecule has 1 aromatic carbocycles. The molecule has 13 nitrogen and oxygen atoms in total. The quantitative estimate of drug-likeness (QED) is 0.135. The summed E-state index contributed by atoms with van der Waals surface area (Å²) in [5.41, 5.74) is 2.04. The van der Waals surface area contributed by atoms with Gasteiger partial charge in [-0.1, -0.05) is 67.0 Å². The third kappa shape index (κ3) is 11.2. The van der Waals surface area contributed by atoms with Crippen molar-refractivity contribution in [1.82, 2.24) is 30.4 Å². The summed E-state index contributed by atoms with van der Waals surface area (Å²) < 4.78 is 12.0. The summed E-state index contributed by atoms with van der Waals surface area (Å²) in [6.45, 7) is 14.6. The predicted molar refractivity (Wildman–Crippen MR) is 212 cm³/mol. The number of hydrazine groups is 1. The molecule has 2 aromatic rings. The van der Waals surface area contributed by atoms with Crippen molar-refractivity contribution in [3.05, 3.63) is 42.1 Å². The van der Waals surface area contributed by atoms with Crippen molar-refractivity contribution in [2.75, 3.05) is 41.4 Å². The second-order valence-electron chi connectivity index (χ2n) is 15.7. The van der Waals surface area contributed by atoms with Gasteiger partial charge in [-0.3, -0.25) is 30.0 Å². The van der Waals surface area contributed by atoms with Crippen LogP contribution in [0.15, 0.2) is 36.5 Å². The number of nitrogens with one attached hydrogen (secondary N) is 2. The van der Waals surface area contributed by atoms with E-state index in [9.17, 15) is 19.2 Å². The Hall–Kier alpha value is -3.65. The van der Waals surface area contributed by atoms with Crippen LogP contribution in [0.4, 0.5) is 0 Å². The number of amides is 4. The van der Waals surface area contributed by atoms with Crippen molar-refractivity contribution < 1.29 is 28.7 Å². The molecule has 1 unspecified atom stereocenters. The normalized spacial score (nSPS) is 18.6. The fraction of sp³-hybridized carbons (Fsp3) is 0.683. The number of benzene rings is 1. The van der Waals surface area contributed by atoms with Gasteiger partial charge in [0.05, 0.1) is 42.1 Å². The molecule has 0 aliphatic carbocycles. The van der Waals surface area contributed by atoms with Crippen molar-refractivity contribution in [2.45, 2.75) is 117 Å². The maximum Gasteiger partial charge on any atom is 0.245 e. The molecule has 13 heteroatoms. The summed E-state index contributed by atoms with van der Waals surface area (Å²) >= 11 is 0. The molecule has 4 amide bonds. The number of carbonyl (C=O) groups excluding carboxylic acids is 4. The number of hydrogen-bond donors (Lipinski definition) is 3. The van der Waals surface area contributed by atoms with E-state index in [4.69, 9.17) is 15.3 Å². The average Bonchev–Trinajstić information content (AvgIpc) is 3.62. The van der Waals surface area contributed by atoms with Crippen molar-refractivity contribution in [3.8, 4) is 0 Å². The molecule has 0 saturated carbocycles. The van der Waals surface area contributed by atoms with Crippen LogP contribution in [0, 0.1) is 23.7 Å². The molecule has 8 atom stereocenters. The number of ether oxygens (including phenoxy) is 2. The van der Waals surface area contributed by atoms with Gasteiger partial charge in [0, 0.05) is 53.0 Å². The number of nitrogens with zero attached hydrogens (tertiary/aromatic N) is 4. The van der Waals surface area contributed by atoms with E-state index in [1.165, 1.54) is 5.01 Å². The summed E-state index contributed by atoms with van der Waals surface area (Å²) in [6.07, 6.45) is 3.62. The smallest absolute Gasteiger partial charge is 0.245 e. The van der Waals surface area contributed by atoms with Crippen molar-refractivity contribution in [1.29, 1.82) is 0 Å². The maximum absolute atomic E-state index is 14.2. The number of nitrogens with two attached hydrogens (primary N) is 1. The summed E-state index contributed by atoms with van der Waals surface area (Å²) in [6, 6.07) is 7.91. The van der Waals surface area contributed by atoms with Gasteiger partial charge in [0.25, 0.3) is 0 Å². The molecular formula is C41H67N7O6. The zero-order valence-electron chi connectivity index (χ0n) is 34.5. The van der Waals surface area contributed by atoms with Crippen molar-refractivity contribution in [3.63, 3.8) is 0 Å². The van der Waals surface area contributed by atoms with Gasteiger partial charge in [0.15, 0.2) is 0 Å². The topological polar surface area (TPSA) is 159 Å². The molecular weight excluding hydrogens is 686 g/mol. The number of fused-ring (bicyclic) bond motifs is 1. The molecule has 0 spiro atoms. The van der Waals surface area contributed by atoms with Crippen LogP contribution in [0.25, 0.3) is 10.9 Å². The van der Waals surface area contributed by atoms with Gasteiger partial charge in [-0.05, 0) is 60.8 Å². The van der Waals surface area contributed by atoms with E-state index in [1.807, 2.05) is 77.6 Å². The predicted octanol–water partition coefficient (Wildman–Crippen LogP) is 3.78. The number of pyridine rings is 1. The third-order valence-corrected chi connectivity index (χ3v) is 11.2. The Morgan fingerprint density at radius 1 is 1.00 bits per heavy atom. The molecule has 0 radical (unpaired) electrons. The first-order chi connectivity index (χ1) is 25.6. The monoisotopic (exact) mass is 754 g/mol. The Labute approximate surface area is 323 Å². The van der Waals surface area contributed by atoms with Crippen molar-refractivity contribution in [2.24, 2.45) is 29.5 Å². The van der Waals surface area contributed by atoms with Gasteiger partial charge in [0.2, 0.25) is 23.6 Å². The minimum absolute atomic E-state index is 0.0186. The molecule has 54 heavy (non-hydrogen) atoms. The zero-order chi connectivity index (χ0) is 40.3. The van der Waals surface area contributed by atoms with Crippen LogP contribution in [0.3, 0.4) is 0 Å². The van der Waals surface area contributed by atoms with E-state index in [2.05, 4.69) is 21.7 Å². The first-order valence-electron chi connectivity index (χ1n) is 19.6. The molecule has 1 aliphatic rings. The maximum atomic E-state index is 14.2. The summed E-state index contributed by atoms with van der Waals surface area (Å²) in [5, 5.41) is 8.48. The van der Waals surface area contributed by atoms with Gasteiger partial charge in [-0.25, -0.2) is 5.01 Å². The summed E-state index contributed by atoms with van der Waals surface area (Å²) in [4.78, 5) is 63.0. The first kappa shape index (κ1) is 44.7. The van der Waals surface area contributed by atoms with E-state index in [1.54, 1.807) is 39.4 Å². The minimum Gasteiger partial charge on any atom is -0.379 e. The molecule has 3 rings (SSSR count). The SMILES string of the molecule is CC[C@H](C)C([C@@H](CC(=O)N1CCC[C@H]1[C@H](OC)[C@@H](C)C(=O)NCCc1ccc2ncccc2c1)OC)N(C)C(=O)[C@@H](NC(=O)[C@H](C(C)C)N(C)N)C(C)C. The van der Waals surface area contributed by atoms with E-state index in [0.29, 0.717) is 25.9 Å². The molecule has 0 bridgehead atoms. The second kappa shape index (κ2) is 20.9. The third-order valence-electron chi connectivity index (χ3n) is 11.2. The number of rotatable bonds is 20. The summed E-state index contributed by atoms with van der Waals surface area (Å²) in [5.74, 6) is 4.41. The van der Waals surface area contributed by atoms with Crippen LogP contribution in [-0.4, -0.2) is 121 Å². The van der Waals surface area contributed by atoms with Crippen LogP contribution in [0.5, 0.6) is 0 Å². The number of aromatic nitrogens is 1. The second-order valence-corrected chi connectivity index (χ2v) is 15.7. The number of likely N-dealkylation sites (N-methyl/N-ethyl adjacent to an activating group) is 2. The lowest BCUT2D eigenvalue weighted by Gasteiger charge is -2.41. The molecule has 1 aromatic heterocycles. The van der Waals surface area contributed by atoms with Gasteiger partial charge in [0.1, 0.15) is 12.1 Å². The molecule has 302 valence electrons. The number of carbonyl (C=O) groups is 4. The first-order valence-corrected chi connectivity index (χ1v) is 19.6. The fourth-order valence-electron chi connectivity index (χ4n) is 8.01. The Morgan fingerprint density at radius 3 is 2.30 bits per heavy atom. The molecule has 1 saturated heterocycles. The fourth-order valence-corrected chi connectivity index (χ4v) is 8.01. The van der Waals surface area contributed by atoms with E-state index >= 15 is 0 Å². The molecule has 1 aliphatic heterocycles. The van der Waals surface area contributed by atoms with Crippen LogP contribution in [0.1, 0.15) is 79.7 Å². The van der Waals surface area contributed by atoms with Gasteiger partial charge in [-0.2, -0.15) is 0 Å². The van der Waals surface area contributed by atoms with Crippen LogP contribution in [0.2, 0.25) is 0 Å². The number of likely N-dealkylation sites (tertiary alicyclic amines) is 1. The van der Waals surface area contributed by atoms with Crippen LogP contribution in [-0.2, 0) is 35.1 Å². The zero-order valence-corrected chi connectivity index (χ0v) is 34.5. The minimum atomic E-state index is -0.800. The Balaban J connectivity index is 1.71.